The summed E-state index contributed by atoms with van der Waals surface area (Å²) in [4.78, 5) is 0. The van der Waals surface area contributed by atoms with Gasteiger partial charge in [0.15, 0.2) is 18.6 Å². The van der Waals surface area contributed by atoms with E-state index in [2.05, 4.69) is 49.5 Å². The number of rotatable bonds is 7. The molecule has 0 radical (unpaired) electrons. The second-order valence-corrected chi connectivity index (χ2v) is 4.23. The topological polar surface area (TPSA) is 46.2 Å². The summed E-state index contributed by atoms with van der Waals surface area (Å²) in [7, 11) is 0. The van der Waals surface area contributed by atoms with Gasteiger partial charge in [0.2, 0.25) is 0 Å². The van der Waals surface area contributed by atoms with E-state index in [1.165, 1.54) is 6.08 Å². The van der Waals surface area contributed by atoms with Gasteiger partial charge in [-0.2, -0.15) is 0 Å². The van der Waals surface area contributed by atoms with Crippen LogP contribution in [0.4, 0.5) is 4.39 Å². The van der Waals surface area contributed by atoms with Gasteiger partial charge in [-0.1, -0.05) is 6.08 Å². The second kappa shape index (κ2) is 8.64. The first-order chi connectivity index (χ1) is 8.69. The van der Waals surface area contributed by atoms with E-state index < -0.39 is 30.8 Å². The van der Waals surface area contributed by atoms with Crippen molar-refractivity contribution in [3.05, 3.63) is 12.7 Å². The summed E-state index contributed by atoms with van der Waals surface area (Å²) >= 11 is 10.9. The predicted octanol–water partition coefficient (Wildman–Crippen LogP) is 1.57. The van der Waals surface area contributed by atoms with Crippen molar-refractivity contribution in [3.63, 3.8) is 0 Å². The van der Waals surface area contributed by atoms with E-state index in [4.69, 9.17) is 17.8 Å². The first-order valence-electron chi connectivity index (χ1n) is 5.08. The molecular formula is C9H15FO5S3. The van der Waals surface area contributed by atoms with E-state index >= 15 is 0 Å². The molecule has 5 nitrogen and oxygen atoms in total. The van der Waals surface area contributed by atoms with Gasteiger partial charge >= 0.3 is 0 Å². The quantitative estimate of drug-likeness (QED) is 0.378. The number of hydrogen-bond acceptors (Lipinski definition) is 8. The standard InChI is InChI=1S/C9H15FO5S3/c1-2-3-11-9-8(15-18)7(14-17)6(10)5(13-9)4-12-16/h2,5-9,16-18H,1,3-4H2/t5-,6-,7+,8-,9+/m1/s1. The molecular weight excluding hydrogens is 303 g/mol. The van der Waals surface area contributed by atoms with Crippen LogP contribution in [0.3, 0.4) is 0 Å². The summed E-state index contributed by atoms with van der Waals surface area (Å²) in [6, 6.07) is 0. The van der Waals surface area contributed by atoms with Gasteiger partial charge in [-0.3, -0.25) is 0 Å². The Morgan fingerprint density at radius 3 is 2.39 bits per heavy atom. The van der Waals surface area contributed by atoms with Crippen LogP contribution in [0.5, 0.6) is 0 Å². The van der Waals surface area contributed by atoms with Gasteiger partial charge in [0.1, 0.15) is 12.2 Å². The van der Waals surface area contributed by atoms with Crippen LogP contribution < -0.4 is 0 Å². The Labute approximate surface area is 122 Å². The number of alkyl halides is 1. The van der Waals surface area contributed by atoms with Crippen LogP contribution in [-0.2, 0) is 22.0 Å². The zero-order valence-electron chi connectivity index (χ0n) is 9.35. The molecule has 1 aliphatic rings. The monoisotopic (exact) mass is 318 g/mol. The molecule has 0 amide bonds. The van der Waals surface area contributed by atoms with Crippen LogP contribution in [0.2, 0.25) is 0 Å². The molecule has 5 atom stereocenters. The average Bonchev–Trinajstić information content (AvgIpc) is 2.38. The Bertz CT molecular complexity index is 260. The van der Waals surface area contributed by atoms with Crippen LogP contribution in [0.25, 0.3) is 0 Å². The lowest BCUT2D eigenvalue weighted by atomic mass is 10.0. The van der Waals surface area contributed by atoms with Crippen LogP contribution in [0.15, 0.2) is 12.7 Å². The molecule has 0 unspecified atom stereocenters. The minimum Gasteiger partial charge on any atom is -0.346 e. The van der Waals surface area contributed by atoms with Crippen molar-refractivity contribution in [2.45, 2.75) is 30.8 Å². The highest BCUT2D eigenvalue weighted by molar-refractivity contribution is 7.75. The SMILES string of the molecule is C=CCO[C@H]1O[C@H](COS)[C@@H](F)[C@H](OS)[C@H]1OS. The van der Waals surface area contributed by atoms with E-state index in [0.717, 1.165) is 0 Å². The molecule has 106 valence electrons. The molecule has 0 saturated carbocycles. The minimum atomic E-state index is -1.50. The normalized spacial score (nSPS) is 36.6. The summed E-state index contributed by atoms with van der Waals surface area (Å²) in [5, 5.41) is 0. The van der Waals surface area contributed by atoms with E-state index in [1.807, 2.05) is 0 Å². The van der Waals surface area contributed by atoms with Crippen molar-refractivity contribution in [2.75, 3.05) is 13.2 Å². The van der Waals surface area contributed by atoms with Crippen molar-refractivity contribution < 1.29 is 26.4 Å². The Balaban J connectivity index is 2.77. The summed E-state index contributed by atoms with van der Waals surface area (Å²) in [6.45, 7) is 3.65. The highest BCUT2D eigenvalue weighted by atomic mass is 32.1. The Morgan fingerprint density at radius 2 is 1.89 bits per heavy atom. The van der Waals surface area contributed by atoms with Gasteiger partial charge < -0.3 is 22.0 Å². The second-order valence-electron chi connectivity index (χ2n) is 3.55. The molecule has 9 heteroatoms. The van der Waals surface area contributed by atoms with Crippen molar-refractivity contribution in [1.29, 1.82) is 0 Å². The molecule has 1 fully saturated rings. The molecule has 0 aromatic rings. The third-order valence-corrected chi connectivity index (χ3v) is 3.07. The van der Waals surface area contributed by atoms with Gasteiger partial charge in [-0.05, 0) is 38.7 Å². The maximum Gasteiger partial charge on any atom is 0.188 e. The number of ether oxygens (including phenoxy) is 2. The van der Waals surface area contributed by atoms with Gasteiger partial charge in [0.25, 0.3) is 0 Å². The minimum absolute atomic E-state index is 0.0643. The van der Waals surface area contributed by atoms with Gasteiger partial charge in [0.05, 0.1) is 13.2 Å². The van der Waals surface area contributed by atoms with Crippen molar-refractivity contribution in [3.8, 4) is 0 Å². The van der Waals surface area contributed by atoms with Crippen LogP contribution in [-0.4, -0.2) is 44.0 Å². The van der Waals surface area contributed by atoms with Gasteiger partial charge in [-0.25, -0.2) is 4.39 Å². The largest absolute Gasteiger partial charge is 0.346 e. The Hall–Kier alpha value is 0.520. The molecule has 1 rings (SSSR count). The molecule has 0 aromatic carbocycles. The van der Waals surface area contributed by atoms with Crippen LogP contribution >= 0.6 is 38.7 Å². The van der Waals surface area contributed by atoms with Gasteiger partial charge in [-0.15, -0.1) is 6.58 Å². The maximum absolute atomic E-state index is 14.0. The van der Waals surface area contributed by atoms with Crippen molar-refractivity contribution in [2.24, 2.45) is 0 Å². The molecule has 0 aliphatic carbocycles. The lowest BCUT2D eigenvalue weighted by molar-refractivity contribution is -0.272. The first-order valence-corrected chi connectivity index (χ1v) is 6.18. The lowest BCUT2D eigenvalue weighted by Crippen LogP contribution is -2.58. The first kappa shape index (κ1) is 16.6. The zero-order valence-corrected chi connectivity index (χ0v) is 12.0. The zero-order chi connectivity index (χ0) is 13.5. The number of halogens is 1. The van der Waals surface area contributed by atoms with E-state index in [0.29, 0.717) is 0 Å². The predicted molar refractivity (Wildman–Crippen MR) is 72.4 cm³/mol. The van der Waals surface area contributed by atoms with E-state index in [9.17, 15) is 4.39 Å². The highest BCUT2D eigenvalue weighted by Crippen LogP contribution is 2.30. The molecule has 1 aliphatic heterocycles. The molecule has 1 saturated heterocycles. The molecule has 0 N–H and O–H groups in total. The third-order valence-electron chi connectivity index (χ3n) is 2.43. The van der Waals surface area contributed by atoms with E-state index in [-0.39, 0.29) is 13.2 Å². The number of thiol groups is 3. The fourth-order valence-electron chi connectivity index (χ4n) is 1.60. The third kappa shape index (κ3) is 4.01. The fourth-order valence-corrected chi connectivity index (χ4v) is 2.20. The van der Waals surface area contributed by atoms with Crippen molar-refractivity contribution >= 4 is 38.7 Å². The fraction of sp³-hybridized carbons (Fsp3) is 0.778. The summed E-state index contributed by atoms with van der Waals surface area (Å²) < 4.78 is 38.9. The summed E-state index contributed by atoms with van der Waals surface area (Å²) in [5.74, 6) is 0. The molecule has 18 heavy (non-hydrogen) atoms. The molecule has 0 bridgehead atoms. The molecule has 0 aromatic heterocycles. The van der Waals surface area contributed by atoms with E-state index in [1.54, 1.807) is 0 Å². The smallest absolute Gasteiger partial charge is 0.188 e. The maximum atomic E-state index is 14.0. The van der Waals surface area contributed by atoms with Crippen LogP contribution in [0.1, 0.15) is 0 Å². The van der Waals surface area contributed by atoms with Crippen LogP contribution in [0, 0.1) is 0 Å². The Morgan fingerprint density at radius 1 is 1.22 bits per heavy atom. The highest BCUT2D eigenvalue weighted by Gasteiger charge is 2.48. The summed E-state index contributed by atoms with van der Waals surface area (Å²) in [6.07, 6.45) is -3.59. The summed E-state index contributed by atoms with van der Waals surface area (Å²) in [5.41, 5.74) is 0. The Kier molecular flexibility index (Phi) is 7.96. The number of hydrogen-bond donors (Lipinski definition) is 3. The molecule has 1 heterocycles. The van der Waals surface area contributed by atoms with Crippen molar-refractivity contribution in [1.82, 2.24) is 0 Å². The average molecular weight is 318 g/mol. The molecule has 0 spiro atoms. The van der Waals surface area contributed by atoms with Gasteiger partial charge in [0, 0.05) is 0 Å². The lowest BCUT2D eigenvalue weighted by Gasteiger charge is -2.40.